The van der Waals surface area contributed by atoms with Crippen LogP contribution in [0, 0.1) is 11.7 Å². The van der Waals surface area contributed by atoms with Crippen molar-refractivity contribution < 1.29 is 4.39 Å². The average Bonchev–Trinajstić information content (AvgIpc) is 2.80. The lowest BCUT2D eigenvalue weighted by molar-refractivity contribution is 0.523. The Bertz CT molecular complexity index is 419. The van der Waals surface area contributed by atoms with Crippen molar-refractivity contribution in [2.24, 2.45) is 5.92 Å². The summed E-state index contributed by atoms with van der Waals surface area (Å²) in [6, 6.07) is 1.93. The van der Waals surface area contributed by atoms with Crippen LogP contribution >= 0.6 is 15.9 Å². The Kier molecular flexibility index (Phi) is 5.16. The molecule has 2 heterocycles. The average molecular weight is 330 g/mol. The van der Waals surface area contributed by atoms with Crippen LogP contribution in [0.5, 0.6) is 0 Å². The quantitative estimate of drug-likeness (QED) is 0.899. The lowest BCUT2D eigenvalue weighted by Crippen LogP contribution is -2.40. The highest BCUT2D eigenvalue weighted by molar-refractivity contribution is 9.10. The molecule has 1 aliphatic heterocycles. The van der Waals surface area contributed by atoms with Gasteiger partial charge >= 0.3 is 0 Å². The molecular weight excluding hydrogens is 309 g/mol. The Morgan fingerprint density at radius 3 is 2.95 bits per heavy atom. The van der Waals surface area contributed by atoms with Gasteiger partial charge in [0.15, 0.2) is 11.6 Å². The molecule has 0 amide bonds. The minimum atomic E-state index is -0.256. The number of nitrogens with zero attached hydrogens (tertiary/aromatic N) is 2. The van der Waals surface area contributed by atoms with Gasteiger partial charge in [-0.3, -0.25) is 0 Å². The van der Waals surface area contributed by atoms with Crippen molar-refractivity contribution in [2.45, 2.75) is 32.7 Å². The Morgan fingerprint density at radius 2 is 2.37 bits per heavy atom. The van der Waals surface area contributed by atoms with Gasteiger partial charge in [0.25, 0.3) is 0 Å². The first-order valence-electron chi connectivity index (χ1n) is 6.85. The van der Waals surface area contributed by atoms with Crippen LogP contribution in [0.25, 0.3) is 0 Å². The molecule has 0 aliphatic carbocycles. The molecule has 0 aromatic carbocycles. The second kappa shape index (κ2) is 6.66. The van der Waals surface area contributed by atoms with E-state index in [1.807, 2.05) is 0 Å². The molecule has 1 unspecified atom stereocenters. The molecule has 5 heteroatoms. The van der Waals surface area contributed by atoms with Crippen LogP contribution in [0.2, 0.25) is 0 Å². The topological polar surface area (TPSA) is 28.2 Å². The Hall–Kier alpha value is -0.680. The minimum absolute atomic E-state index is 0.256. The summed E-state index contributed by atoms with van der Waals surface area (Å²) in [5.41, 5.74) is 0. The second-order valence-electron chi connectivity index (χ2n) is 5.55. The van der Waals surface area contributed by atoms with E-state index >= 15 is 0 Å². The SMILES string of the molecule is CC(C)CN(CC1CCCN1)c1ncc(Br)cc1F. The van der Waals surface area contributed by atoms with E-state index in [1.165, 1.54) is 12.5 Å². The van der Waals surface area contributed by atoms with Crippen LogP contribution in [0.15, 0.2) is 16.7 Å². The third-order valence-corrected chi connectivity index (χ3v) is 3.71. The van der Waals surface area contributed by atoms with Crippen molar-refractivity contribution in [2.75, 3.05) is 24.5 Å². The van der Waals surface area contributed by atoms with E-state index in [4.69, 9.17) is 0 Å². The molecule has 1 saturated heterocycles. The summed E-state index contributed by atoms with van der Waals surface area (Å²) < 4.78 is 14.7. The molecule has 1 aliphatic rings. The predicted octanol–water partition coefficient (Wildman–Crippen LogP) is 3.20. The maximum absolute atomic E-state index is 14.1. The molecular formula is C14H21BrFN3. The fourth-order valence-corrected chi connectivity index (χ4v) is 2.81. The van der Waals surface area contributed by atoms with Crippen LogP contribution < -0.4 is 10.2 Å². The number of rotatable bonds is 5. The maximum atomic E-state index is 14.1. The minimum Gasteiger partial charge on any atom is -0.352 e. The standard InChI is InChI=1S/C14H21BrFN3/c1-10(2)8-19(9-12-4-3-5-17-12)14-13(16)6-11(15)7-18-14/h6-7,10,12,17H,3-5,8-9H2,1-2H3. The first kappa shape index (κ1) is 14.7. The molecule has 0 radical (unpaired) electrons. The smallest absolute Gasteiger partial charge is 0.166 e. The van der Waals surface area contributed by atoms with Crippen molar-refractivity contribution in [1.29, 1.82) is 0 Å². The summed E-state index contributed by atoms with van der Waals surface area (Å²) in [5, 5.41) is 3.46. The first-order chi connectivity index (χ1) is 9.06. The summed E-state index contributed by atoms with van der Waals surface area (Å²) in [4.78, 5) is 6.31. The van der Waals surface area contributed by atoms with Gasteiger partial charge < -0.3 is 10.2 Å². The number of hydrogen-bond acceptors (Lipinski definition) is 3. The zero-order valence-corrected chi connectivity index (χ0v) is 13.1. The maximum Gasteiger partial charge on any atom is 0.166 e. The third kappa shape index (κ3) is 4.14. The van der Waals surface area contributed by atoms with E-state index in [-0.39, 0.29) is 5.82 Å². The summed E-state index contributed by atoms with van der Waals surface area (Å²) >= 11 is 3.25. The molecule has 1 aromatic heterocycles. The third-order valence-electron chi connectivity index (χ3n) is 3.28. The summed E-state index contributed by atoms with van der Waals surface area (Å²) in [6.45, 7) is 7.00. The summed E-state index contributed by atoms with van der Waals surface area (Å²) in [6.07, 6.45) is 4.02. The number of aromatic nitrogens is 1. The zero-order valence-electron chi connectivity index (χ0n) is 11.5. The molecule has 19 heavy (non-hydrogen) atoms. The number of hydrogen-bond donors (Lipinski definition) is 1. The van der Waals surface area contributed by atoms with Gasteiger partial charge in [0.05, 0.1) is 0 Å². The largest absolute Gasteiger partial charge is 0.352 e. The summed E-state index contributed by atoms with van der Waals surface area (Å²) in [5.74, 6) is 0.685. The van der Waals surface area contributed by atoms with Crippen LogP contribution in [0.4, 0.5) is 10.2 Å². The fourth-order valence-electron chi connectivity index (χ4n) is 2.51. The highest BCUT2D eigenvalue weighted by Gasteiger charge is 2.21. The number of halogens is 2. The molecule has 0 saturated carbocycles. The monoisotopic (exact) mass is 329 g/mol. The van der Waals surface area contributed by atoms with Gasteiger partial charge in [-0.05, 0) is 47.3 Å². The van der Waals surface area contributed by atoms with Gasteiger partial charge in [-0.25, -0.2) is 9.37 Å². The van der Waals surface area contributed by atoms with Crippen LogP contribution in [0.3, 0.4) is 0 Å². The molecule has 0 bridgehead atoms. The van der Waals surface area contributed by atoms with Gasteiger partial charge in [0.1, 0.15) is 0 Å². The highest BCUT2D eigenvalue weighted by atomic mass is 79.9. The van der Waals surface area contributed by atoms with E-state index in [0.717, 1.165) is 26.1 Å². The van der Waals surface area contributed by atoms with Gasteiger partial charge in [-0.2, -0.15) is 0 Å². The van der Waals surface area contributed by atoms with E-state index in [1.54, 1.807) is 6.20 Å². The zero-order chi connectivity index (χ0) is 13.8. The second-order valence-corrected chi connectivity index (χ2v) is 6.47. The molecule has 1 aromatic rings. The lowest BCUT2D eigenvalue weighted by atomic mass is 10.1. The Balaban J connectivity index is 2.15. The van der Waals surface area contributed by atoms with Crippen LogP contribution in [-0.2, 0) is 0 Å². The van der Waals surface area contributed by atoms with Crippen molar-refractivity contribution in [1.82, 2.24) is 10.3 Å². The number of pyridine rings is 1. The van der Waals surface area contributed by atoms with E-state index < -0.39 is 0 Å². The molecule has 2 rings (SSSR count). The van der Waals surface area contributed by atoms with Gasteiger partial charge in [-0.15, -0.1) is 0 Å². The normalized spacial score (nSPS) is 19.1. The van der Waals surface area contributed by atoms with Gasteiger partial charge in [-0.1, -0.05) is 13.8 Å². The van der Waals surface area contributed by atoms with Crippen molar-refractivity contribution in [3.63, 3.8) is 0 Å². The number of nitrogens with one attached hydrogen (secondary N) is 1. The van der Waals surface area contributed by atoms with Crippen LogP contribution in [0.1, 0.15) is 26.7 Å². The van der Waals surface area contributed by atoms with Gasteiger partial charge in [0.2, 0.25) is 0 Å². The molecule has 0 spiro atoms. The molecule has 1 atom stereocenters. The Labute approximate surface area is 122 Å². The molecule has 1 N–H and O–H groups in total. The van der Waals surface area contributed by atoms with Crippen molar-refractivity contribution in [3.8, 4) is 0 Å². The summed E-state index contributed by atoms with van der Waals surface area (Å²) in [7, 11) is 0. The van der Waals surface area contributed by atoms with Gasteiger partial charge in [0, 0.05) is 29.8 Å². The van der Waals surface area contributed by atoms with E-state index in [2.05, 4.69) is 45.0 Å². The molecule has 3 nitrogen and oxygen atoms in total. The van der Waals surface area contributed by atoms with E-state index in [0.29, 0.717) is 22.3 Å². The van der Waals surface area contributed by atoms with E-state index in [9.17, 15) is 4.39 Å². The van der Waals surface area contributed by atoms with Crippen molar-refractivity contribution >= 4 is 21.7 Å². The van der Waals surface area contributed by atoms with Crippen molar-refractivity contribution in [3.05, 3.63) is 22.6 Å². The van der Waals surface area contributed by atoms with Crippen LogP contribution in [-0.4, -0.2) is 30.7 Å². The fraction of sp³-hybridized carbons (Fsp3) is 0.643. The molecule has 1 fully saturated rings. The first-order valence-corrected chi connectivity index (χ1v) is 7.65. The number of anilines is 1. The lowest BCUT2D eigenvalue weighted by Gasteiger charge is -2.28. The Morgan fingerprint density at radius 1 is 1.58 bits per heavy atom. The molecule has 106 valence electrons. The highest BCUT2D eigenvalue weighted by Crippen LogP contribution is 2.22. The predicted molar refractivity (Wildman–Crippen MR) is 80.0 cm³/mol.